The number of anilines is 1. The van der Waals surface area contributed by atoms with Crippen LogP contribution in [0.4, 0.5) is 10.1 Å². The highest BCUT2D eigenvalue weighted by Gasteiger charge is 2.54. The Kier molecular flexibility index (Phi) is 7.24. The molecule has 2 aromatic carbocycles. The minimum Gasteiger partial charge on any atom is -0.342 e. The fraction of sp³-hybridized carbons (Fsp3) is 0.562. The fourth-order valence-electron chi connectivity index (χ4n) is 6.90. The second-order valence-corrected chi connectivity index (χ2v) is 14.0. The maximum absolute atomic E-state index is 15.1. The van der Waals surface area contributed by atoms with Gasteiger partial charge in [0.25, 0.3) is 0 Å². The van der Waals surface area contributed by atoms with Crippen LogP contribution >= 0.6 is 15.9 Å². The van der Waals surface area contributed by atoms with E-state index in [4.69, 9.17) is 0 Å². The van der Waals surface area contributed by atoms with Gasteiger partial charge in [-0.2, -0.15) is 0 Å². The van der Waals surface area contributed by atoms with Gasteiger partial charge in [0.1, 0.15) is 5.82 Å². The van der Waals surface area contributed by atoms with E-state index in [0.29, 0.717) is 49.1 Å². The number of aryl methyl sites for hydroxylation is 2. The predicted molar refractivity (Wildman–Crippen MR) is 158 cm³/mol. The molecule has 0 saturated carbocycles. The topological polar surface area (TPSA) is 43.9 Å². The molecule has 210 valence electrons. The molecule has 5 rings (SSSR count). The van der Waals surface area contributed by atoms with Crippen molar-refractivity contribution in [3.05, 3.63) is 62.9 Å². The van der Waals surface area contributed by atoms with Gasteiger partial charge in [0, 0.05) is 53.8 Å². The fourth-order valence-corrected chi connectivity index (χ4v) is 7.23. The van der Waals surface area contributed by atoms with Gasteiger partial charge in [-0.1, -0.05) is 28.1 Å². The molecule has 7 heteroatoms. The highest BCUT2D eigenvalue weighted by molar-refractivity contribution is 9.10. The van der Waals surface area contributed by atoms with E-state index in [1.54, 1.807) is 0 Å². The van der Waals surface area contributed by atoms with Crippen molar-refractivity contribution in [2.75, 3.05) is 31.1 Å². The first-order valence-corrected chi connectivity index (χ1v) is 15.0. The molecule has 2 atom stereocenters. The number of hydrogen-bond donors (Lipinski definition) is 0. The number of fused-ring (bicyclic) bond motifs is 2. The van der Waals surface area contributed by atoms with Crippen LogP contribution < -0.4 is 4.90 Å². The molecule has 5 nitrogen and oxygen atoms in total. The zero-order chi connectivity index (χ0) is 28.4. The summed E-state index contributed by atoms with van der Waals surface area (Å²) in [5.74, 6) is -0.558. The molecule has 2 amide bonds. The van der Waals surface area contributed by atoms with Crippen LogP contribution in [0, 0.1) is 25.6 Å². The lowest BCUT2D eigenvalue weighted by Crippen LogP contribution is -2.52. The average Bonchev–Trinajstić information content (AvgIpc) is 3.39. The van der Waals surface area contributed by atoms with Crippen LogP contribution in [0.5, 0.6) is 0 Å². The van der Waals surface area contributed by atoms with Crippen LogP contribution in [0.3, 0.4) is 0 Å². The zero-order valence-electron chi connectivity index (χ0n) is 24.3. The standard InChI is InChI=1S/C32H41BrFN3O2/c1-19(2)37-28-15-21(4)20(3)14-26(28)32(30(37)39)10-12-35(13-11-32)29(38)25-18-36(31(5,6)7)17-24(25)23-9-8-22(33)16-27(23)34/h8-9,14-16,19,24-25H,10-13,17-18H2,1-7H3/t24-,25?/m0/s1. The molecule has 3 aliphatic heterocycles. The number of benzene rings is 2. The molecule has 2 fully saturated rings. The Hall–Kier alpha value is -2.25. The van der Waals surface area contributed by atoms with E-state index < -0.39 is 5.41 Å². The summed E-state index contributed by atoms with van der Waals surface area (Å²) < 4.78 is 15.8. The van der Waals surface area contributed by atoms with Gasteiger partial charge < -0.3 is 9.80 Å². The number of carbonyl (C=O) groups excluding carboxylic acids is 2. The SMILES string of the molecule is Cc1cc2c(cc1C)C1(CCN(C(=O)C3CN(C(C)(C)C)C[C@H]3c3ccc(Br)cc3F)CC1)C(=O)N2C(C)C. The third-order valence-electron chi connectivity index (χ3n) is 9.41. The lowest BCUT2D eigenvalue weighted by molar-refractivity contribution is -0.139. The second-order valence-electron chi connectivity index (χ2n) is 13.1. The summed E-state index contributed by atoms with van der Waals surface area (Å²) in [4.78, 5) is 34.3. The van der Waals surface area contributed by atoms with Crippen LogP contribution in [0.15, 0.2) is 34.8 Å². The minimum absolute atomic E-state index is 0.0702. The van der Waals surface area contributed by atoms with Crippen LogP contribution in [-0.4, -0.2) is 59.4 Å². The highest BCUT2D eigenvalue weighted by atomic mass is 79.9. The number of amides is 2. The summed E-state index contributed by atoms with van der Waals surface area (Å²) >= 11 is 3.37. The largest absolute Gasteiger partial charge is 0.342 e. The van der Waals surface area contributed by atoms with Gasteiger partial charge in [0.15, 0.2) is 0 Å². The Balaban J connectivity index is 1.42. The number of likely N-dealkylation sites (tertiary alicyclic amines) is 2. The Bertz CT molecular complexity index is 1310. The van der Waals surface area contributed by atoms with E-state index in [1.165, 1.54) is 17.2 Å². The molecule has 0 radical (unpaired) electrons. The van der Waals surface area contributed by atoms with Gasteiger partial charge >= 0.3 is 0 Å². The van der Waals surface area contributed by atoms with Gasteiger partial charge in [0.2, 0.25) is 11.8 Å². The third-order valence-corrected chi connectivity index (χ3v) is 9.90. The number of carbonyl (C=O) groups is 2. The summed E-state index contributed by atoms with van der Waals surface area (Å²) in [6.45, 7) is 17.1. The van der Waals surface area contributed by atoms with E-state index in [0.717, 1.165) is 11.3 Å². The lowest BCUT2D eigenvalue weighted by atomic mass is 9.72. The first-order valence-electron chi connectivity index (χ1n) is 14.2. The Morgan fingerprint density at radius 3 is 2.28 bits per heavy atom. The van der Waals surface area contributed by atoms with E-state index in [-0.39, 0.29) is 41.0 Å². The Morgan fingerprint density at radius 1 is 1.05 bits per heavy atom. The van der Waals surface area contributed by atoms with Gasteiger partial charge in [-0.15, -0.1) is 0 Å². The molecule has 3 heterocycles. The monoisotopic (exact) mass is 597 g/mol. The van der Waals surface area contributed by atoms with Crippen molar-refractivity contribution in [1.29, 1.82) is 0 Å². The number of halogens is 2. The molecule has 0 N–H and O–H groups in total. The number of rotatable bonds is 3. The van der Waals surface area contributed by atoms with Crippen LogP contribution in [-0.2, 0) is 15.0 Å². The quantitative estimate of drug-likeness (QED) is 0.415. The second kappa shape index (κ2) is 9.99. The van der Waals surface area contributed by atoms with Gasteiger partial charge in [-0.3, -0.25) is 14.5 Å². The third kappa shape index (κ3) is 4.73. The van der Waals surface area contributed by atoms with Crippen molar-refractivity contribution in [2.45, 2.75) is 84.2 Å². The minimum atomic E-state index is -0.584. The van der Waals surface area contributed by atoms with Crippen molar-refractivity contribution >= 4 is 33.4 Å². The average molecular weight is 599 g/mol. The van der Waals surface area contributed by atoms with Gasteiger partial charge in [-0.25, -0.2) is 4.39 Å². The van der Waals surface area contributed by atoms with Gasteiger partial charge in [0.05, 0.1) is 11.3 Å². The van der Waals surface area contributed by atoms with Crippen molar-refractivity contribution in [2.24, 2.45) is 5.92 Å². The molecule has 3 aliphatic rings. The molecule has 2 saturated heterocycles. The molecule has 39 heavy (non-hydrogen) atoms. The number of nitrogens with zero attached hydrogens (tertiary/aromatic N) is 3. The summed E-state index contributed by atoms with van der Waals surface area (Å²) in [5, 5.41) is 0. The molecule has 1 unspecified atom stereocenters. The molecule has 1 spiro atoms. The van der Waals surface area contributed by atoms with Crippen LogP contribution in [0.2, 0.25) is 0 Å². The van der Waals surface area contributed by atoms with E-state index in [1.807, 2.05) is 21.9 Å². The van der Waals surface area contributed by atoms with Crippen molar-refractivity contribution in [1.82, 2.24) is 9.80 Å². The van der Waals surface area contributed by atoms with Crippen LogP contribution in [0.1, 0.15) is 75.6 Å². The summed E-state index contributed by atoms with van der Waals surface area (Å²) in [6, 6.07) is 9.60. The van der Waals surface area contributed by atoms with Gasteiger partial charge in [-0.05, 0) is 102 Å². The van der Waals surface area contributed by atoms with E-state index >= 15 is 4.39 Å². The number of hydrogen-bond acceptors (Lipinski definition) is 3. The molecular formula is C32H41BrFN3O2. The van der Waals surface area contributed by atoms with Crippen molar-refractivity contribution in [3.8, 4) is 0 Å². The lowest BCUT2D eigenvalue weighted by Gasteiger charge is -2.40. The summed E-state index contributed by atoms with van der Waals surface area (Å²) in [6.07, 6.45) is 1.23. The maximum atomic E-state index is 15.1. The van der Waals surface area contributed by atoms with E-state index in [2.05, 4.69) is 81.4 Å². The number of piperidine rings is 1. The normalized spacial score (nSPS) is 23.3. The first kappa shape index (κ1) is 28.3. The smallest absolute Gasteiger partial charge is 0.238 e. The zero-order valence-corrected chi connectivity index (χ0v) is 25.9. The highest BCUT2D eigenvalue weighted by Crippen LogP contribution is 2.50. The Morgan fingerprint density at radius 2 is 1.69 bits per heavy atom. The first-order chi connectivity index (χ1) is 18.2. The molecular weight excluding hydrogens is 557 g/mol. The van der Waals surface area contributed by atoms with Crippen molar-refractivity contribution in [3.63, 3.8) is 0 Å². The summed E-state index contributed by atoms with van der Waals surface area (Å²) in [7, 11) is 0. The molecule has 0 aliphatic carbocycles. The molecule has 2 aromatic rings. The Labute approximate surface area is 240 Å². The predicted octanol–water partition coefficient (Wildman–Crippen LogP) is 6.33. The van der Waals surface area contributed by atoms with Crippen LogP contribution in [0.25, 0.3) is 0 Å². The van der Waals surface area contributed by atoms with E-state index in [9.17, 15) is 9.59 Å². The molecule has 0 bridgehead atoms. The van der Waals surface area contributed by atoms with Crippen molar-refractivity contribution < 1.29 is 14.0 Å². The maximum Gasteiger partial charge on any atom is 0.238 e. The molecule has 0 aromatic heterocycles. The summed E-state index contributed by atoms with van der Waals surface area (Å²) in [5.41, 5.74) is 4.42.